The maximum absolute atomic E-state index is 5.83. The van der Waals surface area contributed by atoms with Gasteiger partial charge in [-0.2, -0.15) is 0 Å². The molecule has 0 fully saturated rings. The van der Waals surface area contributed by atoms with E-state index in [0.29, 0.717) is 17.8 Å². The summed E-state index contributed by atoms with van der Waals surface area (Å²) >= 11 is 11.7. The van der Waals surface area contributed by atoms with Gasteiger partial charge in [-0.15, -0.1) is 23.2 Å². The Bertz CT molecular complexity index is 436. The Morgan fingerprint density at radius 3 is 2.10 bits per heavy atom. The van der Waals surface area contributed by atoms with Crippen molar-refractivity contribution in [3.63, 3.8) is 0 Å². The van der Waals surface area contributed by atoms with Gasteiger partial charge in [-0.3, -0.25) is 0 Å². The standard InChI is InChI=1S/C16H20Cl2N2/c17-9-11-20(12-10-18)16-7-5-14(6-8-16)13-19-15-3-1-2-4-15/h1-8,15,19H,9-13H2. The van der Waals surface area contributed by atoms with Crippen molar-refractivity contribution < 1.29 is 0 Å². The summed E-state index contributed by atoms with van der Waals surface area (Å²) in [4.78, 5) is 2.21. The molecular formula is C16H20Cl2N2. The van der Waals surface area contributed by atoms with Crippen LogP contribution in [0.15, 0.2) is 48.6 Å². The highest BCUT2D eigenvalue weighted by atomic mass is 35.5. The molecule has 1 aromatic rings. The fraction of sp³-hybridized carbons (Fsp3) is 0.375. The molecule has 0 bridgehead atoms. The molecule has 20 heavy (non-hydrogen) atoms. The molecule has 0 spiro atoms. The first-order valence-electron chi connectivity index (χ1n) is 6.87. The summed E-state index contributed by atoms with van der Waals surface area (Å²) in [6, 6.07) is 8.94. The van der Waals surface area contributed by atoms with Crippen LogP contribution < -0.4 is 10.2 Å². The molecular weight excluding hydrogens is 291 g/mol. The molecule has 0 radical (unpaired) electrons. The predicted octanol–water partition coefficient (Wildman–Crippen LogP) is 3.55. The van der Waals surface area contributed by atoms with Crippen LogP contribution in [-0.2, 0) is 6.54 Å². The van der Waals surface area contributed by atoms with Gasteiger partial charge in [-0.25, -0.2) is 0 Å². The number of rotatable bonds is 8. The summed E-state index contributed by atoms with van der Waals surface area (Å²) in [7, 11) is 0. The molecule has 2 nitrogen and oxygen atoms in total. The van der Waals surface area contributed by atoms with Crippen molar-refractivity contribution in [3.8, 4) is 0 Å². The lowest BCUT2D eigenvalue weighted by atomic mass is 10.2. The zero-order chi connectivity index (χ0) is 14.2. The van der Waals surface area contributed by atoms with Gasteiger partial charge >= 0.3 is 0 Å². The van der Waals surface area contributed by atoms with Gasteiger partial charge in [0.05, 0.1) is 0 Å². The van der Waals surface area contributed by atoms with Crippen molar-refractivity contribution >= 4 is 28.9 Å². The van der Waals surface area contributed by atoms with E-state index in [-0.39, 0.29) is 0 Å². The lowest BCUT2D eigenvalue weighted by molar-refractivity contribution is 0.680. The molecule has 1 aromatic carbocycles. The van der Waals surface area contributed by atoms with Crippen LogP contribution in [0.3, 0.4) is 0 Å². The maximum Gasteiger partial charge on any atom is 0.0444 e. The Morgan fingerprint density at radius 1 is 0.950 bits per heavy atom. The van der Waals surface area contributed by atoms with Gasteiger partial charge < -0.3 is 10.2 Å². The highest BCUT2D eigenvalue weighted by Crippen LogP contribution is 2.16. The monoisotopic (exact) mass is 310 g/mol. The van der Waals surface area contributed by atoms with Crippen LogP contribution in [0.2, 0.25) is 0 Å². The molecule has 0 saturated carbocycles. The number of nitrogens with one attached hydrogen (secondary N) is 1. The number of anilines is 1. The first-order valence-corrected chi connectivity index (χ1v) is 7.94. The van der Waals surface area contributed by atoms with E-state index in [0.717, 1.165) is 19.6 Å². The van der Waals surface area contributed by atoms with Gasteiger partial charge in [0.15, 0.2) is 0 Å². The largest absolute Gasteiger partial charge is 0.369 e. The van der Waals surface area contributed by atoms with E-state index >= 15 is 0 Å². The Morgan fingerprint density at radius 2 is 1.55 bits per heavy atom. The minimum atomic E-state index is 0.360. The maximum atomic E-state index is 5.83. The highest BCUT2D eigenvalue weighted by Gasteiger charge is 2.06. The van der Waals surface area contributed by atoms with Crippen LogP contribution in [0.4, 0.5) is 5.69 Å². The molecule has 0 aromatic heterocycles. The normalized spacial score (nSPS) is 14.1. The molecule has 0 heterocycles. The summed E-state index contributed by atoms with van der Waals surface area (Å²) in [6.07, 6.45) is 8.43. The van der Waals surface area contributed by atoms with Crippen molar-refractivity contribution in [1.29, 1.82) is 0 Å². The predicted molar refractivity (Wildman–Crippen MR) is 89.0 cm³/mol. The van der Waals surface area contributed by atoms with Crippen LogP contribution in [-0.4, -0.2) is 30.9 Å². The zero-order valence-electron chi connectivity index (χ0n) is 11.4. The van der Waals surface area contributed by atoms with E-state index in [1.54, 1.807) is 0 Å². The van der Waals surface area contributed by atoms with Crippen LogP contribution in [0.1, 0.15) is 5.56 Å². The number of hydrogen-bond donors (Lipinski definition) is 1. The Balaban J connectivity index is 1.90. The van der Waals surface area contributed by atoms with Crippen LogP contribution in [0, 0.1) is 0 Å². The summed E-state index contributed by atoms with van der Waals surface area (Å²) in [5, 5.41) is 3.47. The average Bonchev–Trinajstić information content (AvgIpc) is 2.99. The SMILES string of the molecule is ClCCN(CCCl)c1ccc(CNC2C=CC=C2)cc1. The van der Waals surface area contributed by atoms with E-state index < -0.39 is 0 Å². The van der Waals surface area contributed by atoms with Gasteiger partial charge in [-0.1, -0.05) is 36.4 Å². The fourth-order valence-corrected chi connectivity index (χ4v) is 2.61. The third kappa shape index (κ3) is 4.55. The highest BCUT2D eigenvalue weighted by molar-refractivity contribution is 6.18. The summed E-state index contributed by atoms with van der Waals surface area (Å²) < 4.78 is 0. The molecule has 0 saturated heterocycles. The quantitative estimate of drug-likeness (QED) is 0.739. The van der Waals surface area contributed by atoms with E-state index in [9.17, 15) is 0 Å². The molecule has 0 amide bonds. The molecule has 1 aliphatic carbocycles. The molecule has 108 valence electrons. The summed E-state index contributed by atoms with van der Waals surface area (Å²) in [6.45, 7) is 2.51. The average molecular weight is 311 g/mol. The topological polar surface area (TPSA) is 15.3 Å². The molecule has 1 N–H and O–H groups in total. The van der Waals surface area contributed by atoms with Gasteiger partial charge in [0.25, 0.3) is 0 Å². The van der Waals surface area contributed by atoms with Crippen molar-refractivity contribution in [2.45, 2.75) is 12.6 Å². The fourth-order valence-electron chi connectivity index (χ4n) is 2.20. The number of halogens is 2. The lowest BCUT2D eigenvalue weighted by Crippen LogP contribution is -2.27. The van der Waals surface area contributed by atoms with Gasteiger partial charge in [0, 0.05) is 43.1 Å². The van der Waals surface area contributed by atoms with Crippen molar-refractivity contribution in [2.24, 2.45) is 0 Å². The molecule has 0 unspecified atom stereocenters. The second kappa shape index (κ2) is 8.35. The Kier molecular flexibility index (Phi) is 6.44. The van der Waals surface area contributed by atoms with E-state index in [1.807, 2.05) is 0 Å². The Hall–Kier alpha value is -0.960. The number of allylic oxidation sites excluding steroid dienone is 2. The smallest absolute Gasteiger partial charge is 0.0444 e. The molecule has 1 aliphatic rings. The van der Waals surface area contributed by atoms with E-state index in [4.69, 9.17) is 23.2 Å². The summed E-state index contributed by atoms with van der Waals surface area (Å²) in [5.41, 5.74) is 2.45. The third-order valence-electron chi connectivity index (χ3n) is 3.30. The Labute approximate surface area is 131 Å². The van der Waals surface area contributed by atoms with Gasteiger partial charge in [0.2, 0.25) is 0 Å². The zero-order valence-corrected chi connectivity index (χ0v) is 12.9. The lowest BCUT2D eigenvalue weighted by Gasteiger charge is -2.23. The molecule has 2 rings (SSSR count). The van der Waals surface area contributed by atoms with Crippen molar-refractivity contribution in [2.75, 3.05) is 29.7 Å². The first kappa shape index (κ1) is 15.4. The molecule has 4 heteroatoms. The number of alkyl halides is 2. The minimum Gasteiger partial charge on any atom is -0.369 e. The number of nitrogens with zero attached hydrogens (tertiary/aromatic N) is 1. The third-order valence-corrected chi connectivity index (χ3v) is 3.64. The van der Waals surface area contributed by atoms with Crippen LogP contribution >= 0.6 is 23.2 Å². The van der Waals surface area contributed by atoms with Gasteiger partial charge in [0.1, 0.15) is 0 Å². The van der Waals surface area contributed by atoms with Crippen LogP contribution in [0.5, 0.6) is 0 Å². The van der Waals surface area contributed by atoms with Gasteiger partial charge in [-0.05, 0) is 17.7 Å². The second-order valence-electron chi connectivity index (χ2n) is 4.71. The van der Waals surface area contributed by atoms with Crippen molar-refractivity contribution in [3.05, 3.63) is 54.1 Å². The molecule has 0 atom stereocenters. The van der Waals surface area contributed by atoms with Crippen LogP contribution in [0.25, 0.3) is 0 Å². The second-order valence-corrected chi connectivity index (χ2v) is 5.46. The first-order chi connectivity index (χ1) is 9.83. The number of hydrogen-bond acceptors (Lipinski definition) is 2. The minimum absolute atomic E-state index is 0.360. The van der Waals surface area contributed by atoms with E-state index in [1.165, 1.54) is 11.3 Å². The molecule has 0 aliphatic heterocycles. The number of benzene rings is 1. The van der Waals surface area contributed by atoms with Crippen molar-refractivity contribution in [1.82, 2.24) is 5.32 Å². The summed E-state index contributed by atoms with van der Waals surface area (Å²) in [5.74, 6) is 1.22. The van der Waals surface area contributed by atoms with E-state index in [2.05, 4.69) is 58.8 Å².